The van der Waals surface area contributed by atoms with Crippen molar-refractivity contribution in [3.8, 4) is 5.75 Å². The van der Waals surface area contributed by atoms with Crippen molar-refractivity contribution in [2.45, 2.75) is 12.8 Å². The number of phenolic OH excluding ortho intramolecular Hbond substituents is 1. The Morgan fingerprint density at radius 2 is 2.12 bits per heavy atom. The first-order valence-corrected chi connectivity index (χ1v) is 5.43. The van der Waals surface area contributed by atoms with Crippen LogP contribution in [0.5, 0.6) is 5.75 Å². The van der Waals surface area contributed by atoms with E-state index in [1.54, 1.807) is 24.3 Å². The Morgan fingerprint density at radius 1 is 1.38 bits per heavy atom. The summed E-state index contributed by atoms with van der Waals surface area (Å²) in [5, 5.41) is 11.9. The average molecular weight is 221 g/mol. The number of amides is 1. The lowest BCUT2D eigenvalue weighted by molar-refractivity contribution is -0.123. The van der Waals surface area contributed by atoms with Gasteiger partial charge in [-0.15, -0.1) is 0 Å². The third-order valence-electron chi connectivity index (χ3n) is 2.67. The van der Waals surface area contributed by atoms with Crippen molar-refractivity contribution >= 4 is 11.6 Å². The van der Waals surface area contributed by atoms with Crippen LogP contribution in [-0.2, 0) is 9.53 Å². The van der Waals surface area contributed by atoms with Gasteiger partial charge in [0.25, 0.3) is 0 Å². The topological polar surface area (TPSA) is 58.6 Å². The van der Waals surface area contributed by atoms with Gasteiger partial charge in [-0.25, -0.2) is 0 Å². The first-order valence-electron chi connectivity index (χ1n) is 5.43. The maximum Gasteiger partial charge on any atom is 0.229 e. The van der Waals surface area contributed by atoms with Crippen molar-refractivity contribution in [3.63, 3.8) is 0 Å². The summed E-state index contributed by atoms with van der Waals surface area (Å²) < 4.78 is 5.26. The predicted molar refractivity (Wildman–Crippen MR) is 60.3 cm³/mol. The van der Waals surface area contributed by atoms with Gasteiger partial charge in [0.15, 0.2) is 0 Å². The lowest BCUT2D eigenvalue weighted by Crippen LogP contribution is -2.30. The first-order chi connectivity index (χ1) is 7.75. The molecule has 0 spiro atoms. The van der Waals surface area contributed by atoms with Gasteiger partial charge in [-0.3, -0.25) is 4.79 Å². The highest BCUT2D eigenvalue weighted by atomic mass is 16.5. The van der Waals surface area contributed by atoms with Crippen molar-refractivity contribution in [3.05, 3.63) is 24.3 Å². The SMILES string of the molecule is O=C(Nc1ccc(O)cc1)C1CCCOC1. The summed E-state index contributed by atoms with van der Waals surface area (Å²) in [6.07, 6.45) is 1.82. The van der Waals surface area contributed by atoms with E-state index in [9.17, 15) is 4.79 Å². The minimum Gasteiger partial charge on any atom is -0.508 e. The molecular weight excluding hydrogens is 206 g/mol. The van der Waals surface area contributed by atoms with Gasteiger partial charge in [0, 0.05) is 12.3 Å². The molecule has 0 saturated carbocycles. The van der Waals surface area contributed by atoms with Crippen molar-refractivity contribution < 1.29 is 14.6 Å². The molecule has 1 aliphatic heterocycles. The molecule has 1 amide bonds. The zero-order valence-electron chi connectivity index (χ0n) is 8.98. The predicted octanol–water partition coefficient (Wildman–Crippen LogP) is 1.76. The Hall–Kier alpha value is -1.55. The minimum atomic E-state index is -0.0532. The van der Waals surface area contributed by atoms with Gasteiger partial charge in [0.05, 0.1) is 12.5 Å². The Morgan fingerprint density at radius 3 is 2.75 bits per heavy atom. The van der Waals surface area contributed by atoms with Crippen LogP contribution < -0.4 is 5.32 Å². The number of benzene rings is 1. The molecule has 16 heavy (non-hydrogen) atoms. The molecule has 0 bridgehead atoms. The third kappa shape index (κ3) is 2.73. The van der Waals surface area contributed by atoms with Crippen molar-refractivity contribution in [1.29, 1.82) is 0 Å². The molecule has 4 heteroatoms. The molecule has 1 atom stereocenters. The van der Waals surface area contributed by atoms with Crippen molar-refractivity contribution in [1.82, 2.24) is 0 Å². The van der Waals surface area contributed by atoms with Crippen LogP contribution in [0.3, 0.4) is 0 Å². The molecule has 1 fully saturated rings. The number of ether oxygens (including phenoxy) is 1. The zero-order chi connectivity index (χ0) is 11.4. The van der Waals surface area contributed by atoms with Crippen molar-refractivity contribution in [2.75, 3.05) is 18.5 Å². The van der Waals surface area contributed by atoms with E-state index in [1.165, 1.54) is 0 Å². The number of carbonyl (C=O) groups is 1. The molecule has 0 radical (unpaired) electrons. The van der Waals surface area contributed by atoms with E-state index < -0.39 is 0 Å². The zero-order valence-corrected chi connectivity index (χ0v) is 8.98. The lowest BCUT2D eigenvalue weighted by atomic mass is 10.0. The highest BCUT2D eigenvalue weighted by molar-refractivity contribution is 5.92. The second-order valence-corrected chi connectivity index (χ2v) is 3.95. The maximum absolute atomic E-state index is 11.8. The number of carbonyl (C=O) groups excluding carboxylic acids is 1. The van der Waals surface area contributed by atoms with E-state index in [0.29, 0.717) is 12.3 Å². The molecule has 1 aromatic rings. The summed E-state index contributed by atoms with van der Waals surface area (Å²) in [4.78, 5) is 11.8. The fraction of sp³-hybridized carbons (Fsp3) is 0.417. The van der Waals surface area contributed by atoms with Crippen LogP contribution in [-0.4, -0.2) is 24.2 Å². The second kappa shape index (κ2) is 4.99. The number of anilines is 1. The van der Waals surface area contributed by atoms with E-state index in [-0.39, 0.29) is 17.6 Å². The van der Waals surface area contributed by atoms with Crippen LogP contribution in [0.2, 0.25) is 0 Å². The van der Waals surface area contributed by atoms with Crippen LogP contribution in [0.1, 0.15) is 12.8 Å². The molecule has 0 aliphatic carbocycles. The standard InChI is InChI=1S/C12H15NO3/c14-11-5-3-10(4-6-11)13-12(15)9-2-1-7-16-8-9/h3-6,9,14H,1-2,7-8H2,(H,13,15). The van der Waals surface area contributed by atoms with E-state index in [4.69, 9.17) is 9.84 Å². The molecule has 1 aliphatic rings. The van der Waals surface area contributed by atoms with Crippen LogP contribution in [0, 0.1) is 5.92 Å². The average Bonchev–Trinajstić information content (AvgIpc) is 2.33. The molecule has 1 aromatic carbocycles. The largest absolute Gasteiger partial charge is 0.508 e. The summed E-state index contributed by atoms with van der Waals surface area (Å²) in [6, 6.07) is 6.45. The van der Waals surface area contributed by atoms with Gasteiger partial charge < -0.3 is 15.2 Å². The molecule has 1 saturated heterocycles. The molecule has 4 nitrogen and oxygen atoms in total. The summed E-state index contributed by atoms with van der Waals surface area (Å²) in [7, 11) is 0. The monoisotopic (exact) mass is 221 g/mol. The fourth-order valence-corrected chi connectivity index (χ4v) is 1.74. The molecule has 1 heterocycles. The maximum atomic E-state index is 11.8. The molecule has 1 unspecified atom stereocenters. The smallest absolute Gasteiger partial charge is 0.229 e. The lowest BCUT2D eigenvalue weighted by Gasteiger charge is -2.21. The van der Waals surface area contributed by atoms with E-state index in [2.05, 4.69) is 5.32 Å². The Labute approximate surface area is 94.2 Å². The normalized spacial score (nSPS) is 20.4. The molecule has 86 valence electrons. The number of hydrogen-bond donors (Lipinski definition) is 2. The van der Waals surface area contributed by atoms with Gasteiger partial charge >= 0.3 is 0 Å². The molecular formula is C12H15NO3. The Kier molecular flexibility index (Phi) is 3.41. The number of rotatable bonds is 2. The number of phenols is 1. The van der Waals surface area contributed by atoms with Gasteiger partial charge in [0.2, 0.25) is 5.91 Å². The van der Waals surface area contributed by atoms with Crippen molar-refractivity contribution in [2.24, 2.45) is 5.92 Å². The van der Waals surface area contributed by atoms with Crippen LogP contribution in [0.4, 0.5) is 5.69 Å². The number of hydrogen-bond acceptors (Lipinski definition) is 3. The molecule has 2 N–H and O–H groups in total. The number of nitrogens with one attached hydrogen (secondary N) is 1. The highest BCUT2D eigenvalue weighted by Gasteiger charge is 2.21. The van der Waals surface area contributed by atoms with Gasteiger partial charge in [0.1, 0.15) is 5.75 Å². The van der Waals surface area contributed by atoms with Gasteiger partial charge in [-0.05, 0) is 37.1 Å². The molecule has 0 aromatic heterocycles. The van der Waals surface area contributed by atoms with Crippen LogP contribution in [0.25, 0.3) is 0 Å². The number of aromatic hydroxyl groups is 1. The molecule has 2 rings (SSSR count). The van der Waals surface area contributed by atoms with Gasteiger partial charge in [-0.2, -0.15) is 0 Å². The van der Waals surface area contributed by atoms with E-state index in [1.807, 2.05) is 0 Å². The van der Waals surface area contributed by atoms with Gasteiger partial charge in [-0.1, -0.05) is 0 Å². The first kappa shape index (κ1) is 11.0. The fourth-order valence-electron chi connectivity index (χ4n) is 1.74. The van der Waals surface area contributed by atoms with Crippen LogP contribution >= 0.6 is 0 Å². The van der Waals surface area contributed by atoms with Crippen LogP contribution in [0.15, 0.2) is 24.3 Å². The van der Waals surface area contributed by atoms with E-state index in [0.717, 1.165) is 19.4 Å². The summed E-state index contributed by atoms with van der Waals surface area (Å²) in [6.45, 7) is 1.26. The van der Waals surface area contributed by atoms with E-state index >= 15 is 0 Å². The third-order valence-corrected chi connectivity index (χ3v) is 2.67. The summed E-state index contributed by atoms with van der Waals surface area (Å²) in [5.41, 5.74) is 0.702. The summed E-state index contributed by atoms with van der Waals surface area (Å²) >= 11 is 0. The minimum absolute atomic E-state index is 0.00890. The quantitative estimate of drug-likeness (QED) is 0.748. The highest BCUT2D eigenvalue weighted by Crippen LogP contribution is 2.18. The Balaban J connectivity index is 1.93. The second-order valence-electron chi connectivity index (χ2n) is 3.95. The summed E-state index contributed by atoms with van der Waals surface area (Å²) in [5.74, 6) is 0.131. The Bertz CT molecular complexity index is 355.